The number of carbonyl (C=O) groups is 1. The normalized spacial score (nSPS) is 14.5. The van der Waals surface area contributed by atoms with Crippen LogP contribution in [0.15, 0.2) is 24.3 Å². The Labute approximate surface area is 127 Å². The molecule has 0 saturated heterocycles. The highest BCUT2D eigenvalue weighted by Gasteiger charge is 2.30. The van der Waals surface area contributed by atoms with Crippen molar-refractivity contribution in [3.8, 4) is 0 Å². The Bertz CT molecular complexity index is 487. The van der Waals surface area contributed by atoms with Gasteiger partial charge in [0, 0.05) is 0 Å². The first-order valence-electron chi connectivity index (χ1n) is 7.00. The first-order chi connectivity index (χ1) is 10.1. The van der Waals surface area contributed by atoms with Gasteiger partial charge in [0.1, 0.15) is 0 Å². The number of rotatable bonds is 5. The molecule has 0 aliphatic heterocycles. The molecule has 2 atom stereocenters. The first-order valence-corrected chi connectivity index (χ1v) is 7.00. The number of benzene rings is 1. The number of carbonyl (C=O) groups excluding carboxylic acids is 1. The molecule has 1 aromatic rings. The van der Waals surface area contributed by atoms with Gasteiger partial charge in [-0.3, -0.25) is 0 Å². The molecule has 2 amide bonds. The topological polar surface area (TPSA) is 61.4 Å². The number of nitrogens with one attached hydrogen (secondary N) is 2. The molecule has 4 nitrogen and oxygen atoms in total. The summed E-state index contributed by atoms with van der Waals surface area (Å²) in [5.41, 5.74) is -0.132. The molecule has 22 heavy (non-hydrogen) atoms. The fourth-order valence-corrected chi connectivity index (χ4v) is 1.97. The van der Waals surface area contributed by atoms with Crippen LogP contribution in [0.25, 0.3) is 0 Å². The summed E-state index contributed by atoms with van der Waals surface area (Å²) in [6.07, 6.45) is -4.38. The molecule has 0 heterocycles. The molecular weight excluding hydrogens is 297 g/mol. The third kappa shape index (κ3) is 5.22. The number of amides is 2. The molecule has 1 rings (SSSR count). The minimum absolute atomic E-state index is 0.00748. The van der Waals surface area contributed by atoms with Gasteiger partial charge in [0.25, 0.3) is 0 Å². The lowest BCUT2D eigenvalue weighted by atomic mass is 9.95. The Morgan fingerprint density at radius 1 is 1.14 bits per heavy atom. The van der Waals surface area contributed by atoms with E-state index in [9.17, 15) is 18.0 Å². The fourth-order valence-electron chi connectivity index (χ4n) is 1.97. The number of halogens is 3. The Morgan fingerprint density at radius 2 is 1.68 bits per heavy atom. The van der Waals surface area contributed by atoms with E-state index < -0.39 is 29.9 Å². The van der Waals surface area contributed by atoms with Crippen molar-refractivity contribution in [1.82, 2.24) is 10.6 Å². The highest BCUT2D eigenvalue weighted by atomic mass is 19.4. The zero-order chi connectivity index (χ0) is 16.9. The number of hydrogen-bond acceptors (Lipinski definition) is 2. The average Bonchev–Trinajstić information content (AvgIpc) is 2.43. The van der Waals surface area contributed by atoms with Crippen LogP contribution in [0.1, 0.15) is 37.9 Å². The van der Waals surface area contributed by atoms with Gasteiger partial charge in [-0.25, -0.2) is 4.79 Å². The van der Waals surface area contributed by atoms with Crippen LogP contribution in [0, 0.1) is 5.92 Å². The van der Waals surface area contributed by atoms with Crippen molar-refractivity contribution in [2.45, 2.75) is 39.0 Å². The van der Waals surface area contributed by atoms with E-state index in [2.05, 4.69) is 10.6 Å². The fraction of sp³-hybridized carbons (Fsp3) is 0.533. The lowest BCUT2D eigenvalue weighted by Gasteiger charge is -2.24. The van der Waals surface area contributed by atoms with Gasteiger partial charge >= 0.3 is 12.2 Å². The molecule has 0 aromatic heterocycles. The summed E-state index contributed by atoms with van der Waals surface area (Å²) in [5, 5.41) is 14.2. The zero-order valence-corrected chi connectivity index (χ0v) is 12.7. The lowest BCUT2D eigenvalue weighted by molar-refractivity contribution is -0.137. The van der Waals surface area contributed by atoms with Crippen LogP contribution in [0.3, 0.4) is 0 Å². The second kappa shape index (κ2) is 7.49. The Balaban J connectivity index is 2.85. The maximum atomic E-state index is 12.6. The second-order valence-electron chi connectivity index (χ2n) is 5.54. The van der Waals surface area contributed by atoms with Gasteiger partial charge in [-0.2, -0.15) is 13.2 Å². The summed E-state index contributed by atoms with van der Waals surface area (Å²) < 4.78 is 37.7. The maximum absolute atomic E-state index is 12.6. The third-order valence-corrected chi connectivity index (χ3v) is 3.20. The molecule has 0 radical (unpaired) electrons. The molecule has 124 valence electrons. The maximum Gasteiger partial charge on any atom is 0.416 e. The van der Waals surface area contributed by atoms with Crippen molar-refractivity contribution in [2.75, 3.05) is 6.61 Å². The van der Waals surface area contributed by atoms with Gasteiger partial charge in [0.2, 0.25) is 0 Å². The van der Waals surface area contributed by atoms with Crippen LogP contribution in [-0.4, -0.2) is 23.8 Å². The van der Waals surface area contributed by atoms with Gasteiger partial charge < -0.3 is 15.7 Å². The number of urea groups is 1. The van der Waals surface area contributed by atoms with Crippen molar-refractivity contribution in [3.05, 3.63) is 35.4 Å². The molecule has 0 fully saturated rings. The summed E-state index contributed by atoms with van der Waals surface area (Å²) in [5.74, 6) is -0.00748. The van der Waals surface area contributed by atoms with E-state index in [0.717, 1.165) is 12.1 Å². The summed E-state index contributed by atoms with van der Waals surface area (Å²) in [6, 6.07) is 3.43. The Hall–Kier alpha value is -1.76. The van der Waals surface area contributed by atoms with Crippen molar-refractivity contribution < 1.29 is 23.1 Å². The number of alkyl halides is 3. The van der Waals surface area contributed by atoms with E-state index in [1.54, 1.807) is 6.92 Å². The van der Waals surface area contributed by atoms with Gasteiger partial charge in [-0.15, -0.1) is 0 Å². The molecule has 3 N–H and O–H groups in total. The smallest absolute Gasteiger partial charge is 0.394 e. The summed E-state index contributed by atoms with van der Waals surface area (Å²) in [4.78, 5) is 11.8. The molecule has 0 aliphatic carbocycles. The van der Waals surface area contributed by atoms with E-state index in [-0.39, 0.29) is 12.5 Å². The molecule has 0 saturated carbocycles. The van der Waals surface area contributed by atoms with Crippen molar-refractivity contribution >= 4 is 6.03 Å². The van der Waals surface area contributed by atoms with E-state index in [1.807, 2.05) is 13.8 Å². The van der Waals surface area contributed by atoms with Crippen molar-refractivity contribution in [3.63, 3.8) is 0 Å². The quantitative estimate of drug-likeness (QED) is 0.781. The minimum atomic E-state index is -4.38. The number of hydrogen-bond donors (Lipinski definition) is 3. The molecule has 1 aromatic carbocycles. The highest BCUT2D eigenvalue weighted by Crippen LogP contribution is 2.31. The van der Waals surface area contributed by atoms with E-state index in [4.69, 9.17) is 5.11 Å². The van der Waals surface area contributed by atoms with Crippen LogP contribution < -0.4 is 10.6 Å². The first kappa shape index (κ1) is 18.3. The van der Waals surface area contributed by atoms with Crippen LogP contribution in [-0.2, 0) is 6.18 Å². The van der Waals surface area contributed by atoms with Crippen LogP contribution in [0.5, 0.6) is 0 Å². The van der Waals surface area contributed by atoms with Crippen LogP contribution in [0.2, 0.25) is 0 Å². The van der Waals surface area contributed by atoms with Crippen molar-refractivity contribution in [1.29, 1.82) is 0 Å². The van der Waals surface area contributed by atoms with Crippen LogP contribution >= 0.6 is 0 Å². The SMILES string of the molecule is CC(C)C(NC(=O)N[C@@H](C)CO)c1ccc(C(F)(F)F)cc1. The third-order valence-electron chi connectivity index (χ3n) is 3.20. The zero-order valence-electron chi connectivity index (χ0n) is 12.7. The van der Waals surface area contributed by atoms with Gasteiger partial charge in [0.15, 0.2) is 0 Å². The Kier molecular flexibility index (Phi) is 6.22. The minimum Gasteiger partial charge on any atom is -0.394 e. The molecule has 0 bridgehead atoms. The lowest BCUT2D eigenvalue weighted by Crippen LogP contribution is -2.44. The standard InChI is InChI=1S/C15H21F3N2O2/c1-9(2)13(20-14(22)19-10(3)8-21)11-4-6-12(7-5-11)15(16,17)18/h4-7,9-10,13,21H,8H2,1-3H3,(H2,19,20,22)/t10-,13?/m0/s1. The second-order valence-corrected chi connectivity index (χ2v) is 5.54. The summed E-state index contributed by atoms with van der Waals surface area (Å²) in [7, 11) is 0. The average molecular weight is 318 g/mol. The predicted octanol–water partition coefficient (Wildman–Crippen LogP) is 3.08. The van der Waals surface area contributed by atoms with Crippen molar-refractivity contribution in [2.24, 2.45) is 5.92 Å². The highest BCUT2D eigenvalue weighted by molar-refractivity contribution is 5.74. The summed E-state index contributed by atoms with van der Waals surface area (Å²) in [6.45, 7) is 5.16. The Morgan fingerprint density at radius 3 is 2.09 bits per heavy atom. The van der Waals surface area contributed by atoms with Gasteiger partial charge in [-0.05, 0) is 30.5 Å². The largest absolute Gasteiger partial charge is 0.416 e. The van der Waals surface area contributed by atoms with Gasteiger partial charge in [-0.1, -0.05) is 26.0 Å². The monoisotopic (exact) mass is 318 g/mol. The molecule has 0 aliphatic rings. The van der Waals surface area contributed by atoms with E-state index in [0.29, 0.717) is 5.56 Å². The van der Waals surface area contributed by atoms with Gasteiger partial charge in [0.05, 0.1) is 24.3 Å². The predicted molar refractivity (Wildman–Crippen MR) is 77.2 cm³/mol. The van der Waals surface area contributed by atoms with Crippen LogP contribution in [0.4, 0.5) is 18.0 Å². The van der Waals surface area contributed by atoms with E-state index in [1.165, 1.54) is 12.1 Å². The number of aliphatic hydroxyl groups is 1. The number of aliphatic hydroxyl groups excluding tert-OH is 1. The molecule has 1 unspecified atom stereocenters. The molecule has 7 heteroatoms. The molecule has 0 spiro atoms. The van der Waals surface area contributed by atoms with E-state index >= 15 is 0 Å². The summed E-state index contributed by atoms with van der Waals surface area (Å²) >= 11 is 0. The molecular formula is C15H21F3N2O2.